The average Bonchev–Trinajstić information content (AvgIpc) is 2.91. The summed E-state index contributed by atoms with van der Waals surface area (Å²) in [5, 5.41) is 16.1. The van der Waals surface area contributed by atoms with Gasteiger partial charge in [0.25, 0.3) is 0 Å². The molecule has 3 N–H and O–H groups in total. The molecule has 0 spiro atoms. The molecule has 0 aliphatic rings. The monoisotopic (exact) mass is 331 g/mol. The predicted octanol–water partition coefficient (Wildman–Crippen LogP) is 3.45. The van der Waals surface area contributed by atoms with Gasteiger partial charge in [-0.15, -0.1) is 11.3 Å². The maximum Gasteiger partial charge on any atom is 0.191 e. The lowest BCUT2D eigenvalue weighted by atomic mass is 10.2. The number of aliphatic imine (C=N–C) groups is 1. The number of thiophene rings is 1. The van der Waals surface area contributed by atoms with E-state index in [1.807, 2.05) is 23.5 Å². The average molecular weight is 331 g/mol. The van der Waals surface area contributed by atoms with Crippen molar-refractivity contribution >= 4 is 17.3 Å². The number of nitrogens with one attached hydrogen (secondary N) is 2. The molecule has 2 aromatic rings. The smallest absolute Gasteiger partial charge is 0.191 e. The third-order valence-corrected chi connectivity index (χ3v) is 4.41. The highest BCUT2D eigenvalue weighted by atomic mass is 32.1. The summed E-state index contributed by atoms with van der Waals surface area (Å²) in [6.07, 6.45) is 0.988. The minimum atomic E-state index is 0.280. The van der Waals surface area contributed by atoms with Crippen molar-refractivity contribution in [2.75, 3.05) is 6.54 Å². The Kier molecular flexibility index (Phi) is 6.47. The Morgan fingerprint density at radius 3 is 2.57 bits per heavy atom. The number of rotatable bonds is 6. The van der Waals surface area contributed by atoms with E-state index in [4.69, 9.17) is 0 Å². The summed E-state index contributed by atoms with van der Waals surface area (Å²) in [5.41, 5.74) is 1.07. The first kappa shape index (κ1) is 17.3. The summed E-state index contributed by atoms with van der Waals surface area (Å²) >= 11 is 1.84. The summed E-state index contributed by atoms with van der Waals surface area (Å²) < 4.78 is 0. The van der Waals surface area contributed by atoms with Crippen LogP contribution in [-0.2, 0) is 13.0 Å². The van der Waals surface area contributed by atoms with Gasteiger partial charge in [0.05, 0.1) is 6.54 Å². The van der Waals surface area contributed by atoms with Crippen LogP contribution in [0.5, 0.6) is 5.75 Å². The SMILES string of the molecule is CCNC(=NCc1ccc(O)cc1)NC(C)Cc1ccc(C)s1. The summed E-state index contributed by atoms with van der Waals surface area (Å²) in [7, 11) is 0. The minimum absolute atomic E-state index is 0.280. The molecule has 1 aromatic carbocycles. The molecule has 2 rings (SSSR count). The molecule has 0 aliphatic heterocycles. The predicted molar refractivity (Wildman–Crippen MR) is 98.3 cm³/mol. The second kappa shape index (κ2) is 8.58. The maximum absolute atomic E-state index is 9.32. The molecular formula is C18H25N3OS. The lowest BCUT2D eigenvalue weighted by Gasteiger charge is -2.17. The molecule has 0 aliphatic carbocycles. The van der Waals surface area contributed by atoms with Gasteiger partial charge in [-0.05, 0) is 50.6 Å². The van der Waals surface area contributed by atoms with Crippen molar-refractivity contribution in [3.05, 3.63) is 51.7 Å². The highest BCUT2D eigenvalue weighted by Gasteiger charge is 2.07. The van der Waals surface area contributed by atoms with E-state index in [1.165, 1.54) is 9.75 Å². The van der Waals surface area contributed by atoms with Gasteiger partial charge in [-0.2, -0.15) is 0 Å². The zero-order chi connectivity index (χ0) is 16.7. The molecule has 0 amide bonds. The topological polar surface area (TPSA) is 56.7 Å². The number of phenolic OH excluding ortho intramolecular Hbond substituents is 1. The third-order valence-electron chi connectivity index (χ3n) is 3.39. The molecule has 0 bridgehead atoms. The highest BCUT2D eigenvalue weighted by Crippen LogP contribution is 2.16. The van der Waals surface area contributed by atoms with Gasteiger partial charge in [0.15, 0.2) is 5.96 Å². The van der Waals surface area contributed by atoms with Gasteiger partial charge in [0.2, 0.25) is 0 Å². The molecule has 0 radical (unpaired) electrons. The molecule has 0 saturated carbocycles. The fourth-order valence-corrected chi connectivity index (χ4v) is 3.29. The lowest BCUT2D eigenvalue weighted by molar-refractivity contribution is 0.475. The van der Waals surface area contributed by atoms with Gasteiger partial charge in [-0.25, -0.2) is 4.99 Å². The summed E-state index contributed by atoms with van der Waals surface area (Å²) in [6, 6.07) is 11.8. The van der Waals surface area contributed by atoms with Gasteiger partial charge < -0.3 is 15.7 Å². The molecule has 1 atom stereocenters. The van der Waals surface area contributed by atoms with E-state index < -0.39 is 0 Å². The lowest BCUT2D eigenvalue weighted by Crippen LogP contribution is -2.43. The molecule has 0 fully saturated rings. The number of hydrogen-bond donors (Lipinski definition) is 3. The van der Waals surface area contributed by atoms with Crippen LogP contribution in [0.2, 0.25) is 0 Å². The summed E-state index contributed by atoms with van der Waals surface area (Å²) in [4.78, 5) is 7.35. The van der Waals surface area contributed by atoms with Gasteiger partial charge in [-0.3, -0.25) is 0 Å². The van der Waals surface area contributed by atoms with Crippen LogP contribution in [0, 0.1) is 6.92 Å². The van der Waals surface area contributed by atoms with Crippen molar-refractivity contribution in [2.24, 2.45) is 4.99 Å². The number of hydrogen-bond acceptors (Lipinski definition) is 3. The van der Waals surface area contributed by atoms with Crippen LogP contribution in [0.1, 0.15) is 29.2 Å². The van der Waals surface area contributed by atoms with E-state index >= 15 is 0 Å². The largest absolute Gasteiger partial charge is 0.508 e. The van der Waals surface area contributed by atoms with E-state index in [0.717, 1.165) is 24.5 Å². The molecule has 23 heavy (non-hydrogen) atoms. The Bertz CT molecular complexity index is 634. The summed E-state index contributed by atoms with van der Waals surface area (Å²) in [6.45, 7) is 7.77. The Hall–Kier alpha value is -2.01. The quantitative estimate of drug-likeness (QED) is 0.561. The first-order chi connectivity index (χ1) is 11.1. The normalized spacial score (nSPS) is 12.9. The molecule has 0 saturated heterocycles. The molecule has 124 valence electrons. The van der Waals surface area contributed by atoms with Crippen LogP contribution in [0.3, 0.4) is 0 Å². The number of guanidine groups is 1. The zero-order valence-electron chi connectivity index (χ0n) is 14.0. The highest BCUT2D eigenvalue weighted by molar-refractivity contribution is 7.11. The first-order valence-corrected chi connectivity index (χ1v) is 8.76. The number of aryl methyl sites for hydroxylation is 1. The number of nitrogens with zero attached hydrogens (tertiary/aromatic N) is 1. The van der Waals surface area contributed by atoms with Crippen molar-refractivity contribution in [1.29, 1.82) is 0 Å². The maximum atomic E-state index is 9.32. The van der Waals surface area contributed by atoms with Crippen molar-refractivity contribution in [3.63, 3.8) is 0 Å². The van der Waals surface area contributed by atoms with E-state index in [0.29, 0.717) is 12.6 Å². The van der Waals surface area contributed by atoms with E-state index in [2.05, 4.69) is 48.5 Å². The molecule has 1 heterocycles. The Labute approximate surface area is 142 Å². The van der Waals surface area contributed by atoms with Crippen molar-refractivity contribution in [3.8, 4) is 5.75 Å². The molecule has 5 heteroatoms. The Balaban J connectivity index is 1.93. The van der Waals surface area contributed by atoms with Crippen LogP contribution < -0.4 is 10.6 Å². The Morgan fingerprint density at radius 2 is 1.96 bits per heavy atom. The molecule has 1 aromatic heterocycles. The van der Waals surface area contributed by atoms with E-state index in [-0.39, 0.29) is 5.75 Å². The van der Waals surface area contributed by atoms with Crippen molar-refractivity contribution in [2.45, 2.75) is 39.8 Å². The molecule has 4 nitrogen and oxygen atoms in total. The Morgan fingerprint density at radius 1 is 1.22 bits per heavy atom. The van der Waals surface area contributed by atoms with Crippen LogP contribution in [0.15, 0.2) is 41.4 Å². The van der Waals surface area contributed by atoms with Gasteiger partial charge in [0, 0.05) is 28.8 Å². The van der Waals surface area contributed by atoms with E-state index in [9.17, 15) is 5.11 Å². The second-order valence-corrected chi connectivity index (χ2v) is 7.00. The van der Waals surface area contributed by atoms with Crippen LogP contribution in [0.4, 0.5) is 0 Å². The number of aromatic hydroxyl groups is 1. The number of benzene rings is 1. The van der Waals surface area contributed by atoms with Gasteiger partial charge in [-0.1, -0.05) is 12.1 Å². The van der Waals surface area contributed by atoms with Gasteiger partial charge in [0.1, 0.15) is 5.75 Å². The zero-order valence-corrected chi connectivity index (χ0v) is 14.8. The summed E-state index contributed by atoms with van der Waals surface area (Å²) in [5.74, 6) is 1.10. The number of phenols is 1. The second-order valence-electron chi connectivity index (χ2n) is 5.62. The van der Waals surface area contributed by atoms with Gasteiger partial charge >= 0.3 is 0 Å². The standard InChI is InChI=1S/C18H25N3OS/c1-4-19-18(20-12-15-6-8-16(22)9-7-15)21-13(2)11-17-10-5-14(3)23-17/h5-10,13,22H,4,11-12H2,1-3H3,(H2,19,20,21). The van der Waals surface area contributed by atoms with Crippen LogP contribution in [0.25, 0.3) is 0 Å². The van der Waals surface area contributed by atoms with Crippen LogP contribution in [-0.4, -0.2) is 23.7 Å². The van der Waals surface area contributed by atoms with E-state index in [1.54, 1.807) is 12.1 Å². The third kappa shape index (κ3) is 5.94. The fourth-order valence-electron chi connectivity index (χ4n) is 2.27. The molecular weight excluding hydrogens is 306 g/mol. The minimum Gasteiger partial charge on any atom is -0.508 e. The van der Waals surface area contributed by atoms with Crippen molar-refractivity contribution < 1.29 is 5.11 Å². The van der Waals surface area contributed by atoms with Crippen molar-refractivity contribution in [1.82, 2.24) is 10.6 Å². The first-order valence-electron chi connectivity index (χ1n) is 7.95. The molecule has 1 unspecified atom stereocenters. The fraction of sp³-hybridized carbons (Fsp3) is 0.389. The van der Waals surface area contributed by atoms with Crippen LogP contribution >= 0.6 is 11.3 Å².